The number of carbonyl (C=O) groups is 1. The molecular weight excluding hydrogens is 290 g/mol. The molecule has 1 N–H and O–H groups in total. The van der Waals surface area contributed by atoms with Gasteiger partial charge in [0, 0.05) is 19.7 Å². The van der Waals surface area contributed by atoms with Crippen LogP contribution in [0.3, 0.4) is 0 Å². The van der Waals surface area contributed by atoms with E-state index in [1.54, 1.807) is 20.3 Å². The number of amides is 1. The summed E-state index contributed by atoms with van der Waals surface area (Å²) in [5.41, 5.74) is 1.97. The van der Waals surface area contributed by atoms with Crippen molar-refractivity contribution in [2.24, 2.45) is 0 Å². The largest absolute Gasteiger partial charge is 0.497 e. The zero-order chi connectivity index (χ0) is 16.5. The van der Waals surface area contributed by atoms with Gasteiger partial charge in [-0.2, -0.15) is 0 Å². The van der Waals surface area contributed by atoms with Gasteiger partial charge in [0.05, 0.1) is 13.2 Å². The van der Waals surface area contributed by atoms with Crippen molar-refractivity contribution in [2.45, 2.75) is 6.10 Å². The molecule has 1 atom stereocenters. The van der Waals surface area contributed by atoms with Crippen LogP contribution in [0.5, 0.6) is 5.75 Å². The third-order valence-electron chi connectivity index (χ3n) is 3.46. The van der Waals surface area contributed by atoms with Crippen molar-refractivity contribution >= 4 is 12.0 Å². The monoisotopic (exact) mass is 311 g/mol. The molecule has 0 fully saturated rings. The fourth-order valence-electron chi connectivity index (χ4n) is 2.14. The molecule has 0 saturated carbocycles. The van der Waals surface area contributed by atoms with Gasteiger partial charge >= 0.3 is 0 Å². The van der Waals surface area contributed by atoms with E-state index < -0.39 is 0 Å². The number of ether oxygens (including phenoxy) is 2. The first-order valence-corrected chi connectivity index (χ1v) is 7.40. The minimum atomic E-state index is -0.199. The number of methoxy groups -OCH3 is 2. The molecule has 2 aromatic carbocycles. The molecule has 0 heterocycles. The first-order chi connectivity index (χ1) is 11.2. The van der Waals surface area contributed by atoms with Gasteiger partial charge in [0.2, 0.25) is 5.91 Å². The molecule has 4 nitrogen and oxygen atoms in total. The molecule has 23 heavy (non-hydrogen) atoms. The molecule has 0 aliphatic rings. The van der Waals surface area contributed by atoms with Crippen LogP contribution in [0.1, 0.15) is 17.2 Å². The lowest BCUT2D eigenvalue weighted by atomic mass is 10.1. The molecule has 4 heteroatoms. The van der Waals surface area contributed by atoms with Gasteiger partial charge < -0.3 is 14.8 Å². The quantitative estimate of drug-likeness (QED) is 0.799. The summed E-state index contributed by atoms with van der Waals surface area (Å²) >= 11 is 0. The molecule has 0 radical (unpaired) electrons. The lowest BCUT2D eigenvalue weighted by molar-refractivity contribution is -0.117. The Morgan fingerprint density at radius 1 is 1.09 bits per heavy atom. The topological polar surface area (TPSA) is 47.6 Å². The predicted molar refractivity (Wildman–Crippen MR) is 91.2 cm³/mol. The van der Waals surface area contributed by atoms with Crippen LogP contribution in [-0.4, -0.2) is 26.7 Å². The molecule has 0 bridgehead atoms. The maximum Gasteiger partial charge on any atom is 0.244 e. The van der Waals surface area contributed by atoms with E-state index in [0.29, 0.717) is 6.54 Å². The van der Waals surface area contributed by atoms with Gasteiger partial charge in [0.25, 0.3) is 0 Å². The van der Waals surface area contributed by atoms with Crippen molar-refractivity contribution in [3.05, 3.63) is 71.8 Å². The van der Waals surface area contributed by atoms with Gasteiger partial charge in [0.1, 0.15) is 5.75 Å². The second kappa shape index (κ2) is 8.76. The van der Waals surface area contributed by atoms with E-state index in [-0.39, 0.29) is 12.0 Å². The highest BCUT2D eigenvalue weighted by molar-refractivity contribution is 5.91. The summed E-state index contributed by atoms with van der Waals surface area (Å²) in [6, 6.07) is 17.3. The molecule has 2 aromatic rings. The molecule has 2 rings (SSSR count). The number of nitrogens with one attached hydrogen (secondary N) is 1. The highest BCUT2D eigenvalue weighted by Crippen LogP contribution is 2.19. The van der Waals surface area contributed by atoms with Crippen LogP contribution in [0.25, 0.3) is 6.08 Å². The molecular formula is C19H21NO3. The number of hydrogen-bond donors (Lipinski definition) is 1. The number of hydrogen-bond acceptors (Lipinski definition) is 3. The van der Waals surface area contributed by atoms with Crippen LogP contribution in [-0.2, 0) is 9.53 Å². The summed E-state index contributed by atoms with van der Waals surface area (Å²) in [7, 11) is 3.25. The van der Waals surface area contributed by atoms with E-state index in [1.165, 1.54) is 6.08 Å². The minimum Gasteiger partial charge on any atom is -0.497 e. The fourth-order valence-corrected chi connectivity index (χ4v) is 2.14. The molecule has 120 valence electrons. The van der Waals surface area contributed by atoms with Crippen LogP contribution in [0, 0.1) is 0 Å². The van der Waals surface area contributed by atoms with Crippen molar-refractivity contribution < 1.29 is 14.3 Å². The third kappa shape index (κ3) is 5.27. The summed E-state index contributed by atoms with van der Waals surface area (Å²) in [6.45, 7) is 0.404. The number of benzene rings is 2. The van der Waals surface area contributed by atoms with Crippen molar-refractivity contribution in [2.75, 3.05) is 20.8 Å². The SMILES string of the molecule is COc1ccc([C@@H](CNC(=O)/C=C/c2ccccc2)OC)cc1. The second-order valence-corrected chi connectivity index (χ2v) is 4.99. The summed E-state index contributed by atoms with van der Waals surface area (Å²) in [4.78, 5) is 11.9. The Morgan fingerprint density at radius 2 is 1.78 bits per heavy atom. The standard InChI is InChI=1S/C19H21NO3/c1-22-17-11-9-16(10-12-17)18(23-2)14-20-19(21)13-8-15-6-4-3-5-7-15/h3-13,18H,14H2,1-2H3,(H,20,21)/b13-8+/t18-/m1/s1. The van der Waals surface area contributed by atoms with E-state index in [1.807, 2.05) is 54.6 Å². The molecule has 0 aliphatic carbocycles. The Balaban J connectivity index is 1.89. The highest BCUT2D eigenvalue weighted by atomic mass is 16.5. The Bertz CT molecular complexity index is 635. The third-order valence-corrected chi connectivity index (χ3v) is 3.46. The fraction of sp³-hybridized carbons (Fsp3) is 0.211. The van der Waals surface area contributed by atoms with E-state index in [0.717, 1.165) is 16.9 Å². The van der Waals surface area contributed by atoms with E-state index in [2.05, 4.69) is 5.32 Å². The first kappa shape index (κ1) is 16.8. The molecule has 0 unspecified atom stereocenters. The lowest BCUT2D eigenvalue weighted by Gasteiger charge is -2.16. The molecule has 0 spiro atoms. The van der Waals surface area contributed by atoms with Crippen LogP contribution in [0.2, 0.25) is 0 Å². The molecule has 0 aliphatic heterocycles. The van der Waals surface area contributed by atoms with Gasteiger partial charge in [-0.05, 0) is 29.3 Å². The lowest BCUT2D eigenvalue weighted by Crippen LogP contribution is -2.27. The Morgan fingerprint density at radius 3 is 2.39 bits per heavy atom. The summed E-state index contributed by atoms with van der Waals surface area (Å²) in [5.74, 6) is 0.642. The van der Waals surface area contributed by atoms with Crippen LogP contribution in [0.4, 0.5) is 0 Å². The Labute approximate surface area is 136 Å². The number of rotatable bonds is 7. The maximum atomic E-state index is 11.9. The van der Waals surface area contributed by atoms with E-state index in [4.69, 9.17) is 9.47 Å². The van der Waals surface area contributed by atoms with Gasteiger partial charge in [-0.15, -0.1) is 0 Å². The van der Waals surface area contributed by atoms with Crippen molar-refractivity contribution in [3.63, 3.8) is 0 Å². The Kier molecular flexibility index (Phi) is 6.39. The number of carbonyl (C=O) groups excluding carboxylic acids is 1. The predicted octanol–water partition coefficient (Wildman–Crippen LogP) is 3.21. The smallest absolute Gasteiger partial charge is 0.244 e. The van der Waals surface area contributed by atoms with Crippen LogP contribution < -0.4 is 10.1 Å². The highest BCUT2D eigenvalue weighted by Gasteiger charge is 2.11. The van der Waals surface area contributed by atoms with Gasteiger partial charge in [-0.1, -0.05) is 42.5 Å². The van der Waals surface area contributed by atoms with Crippen molar-refractivity contribution in [1.29, 1.82) is 0 Å². The van der Waals surface area contributed by atoms with Gasteiger partial charge in [-0.3, -0.25) is 4.79 Å². The molecule has 1 amide bonds. The van der Waals surface area contributed by atoms with Gasteiger partial charge in [-0.25, -0.2) is 0 Å². The maximum absolute atomic E-state index is 11.9. The van der Waals surface area contributed by atoms with E-state index in [9.17, 15) is 4.79 Å². The summed E-state index contributed by atoms with van der Waals surface area (Å²) in [6.07, 6.45) is 3.11. The summed E-state index contributed by atoms with van der Waals surface area (Å²) in [5, 5.41) is 2.85. The zero-order valence-electron chi connectivity index (χ0n) is 13.4. The average molecular weight is 311 g/mol. The average Bonchev–Trinajstić information content (AvgIpc) is 2.62. The Hall–Kier alpha value is -2.59. The van der Waals surface area contributed by atoms with Gasteiger partial charge in [0.15, 0.2) is 0 Å². The van der Waals surface area contributed by atoms with Crippen molar-refractivity contribution in [1.82, 2.24) is 5.32 Å². The molecule has 0 saturated heterocycles. The normalized spacial score (nSPS) is 12.1. The van der Waals surface area contributed by atoms with Crippen molar-refractivity contribution in [3.8, 4) is 5.75 Å². The van der Waals surface area contributed by atoms with E-state index >= 15 is 0 Å². The zero-order valence-corrected chi connectivity index (χ0v) is 13.4. The summed E-state index contributed by atoms with van der Waals surface area (Å²) < 4.78 is 10.6. The first-order valence-electron chi connectivity index (χ1n) is 7.40. The molecule has 0 aromatic heterocycles. The van der Waals surface area contributed by atoms with Crippen LogP contribution in [0.15, 0.2) is 60.7 Å². The minimum absolute atomic E-state index is 0.149. The van der Waals surface area contributed by atoms with Crippen LogP contribution >= 0.6 is 0 Å². The second-order valence-electron chi connectivity index (χ2n) is 4.99.